The summed E-state index contributed by atoms with van der Waals surface area (Å²) in [5, 5.41) is 0. The van der Waals surface area contributed by atoms with E-state index in [4.69, 9.17) is 14.0 Å². The quantitative estimate of drug-likeness (QED) is 0.605. The van der Waals surface area contributed by atoms with Crippen molar-refractivity contribution in [3.8, 4) is 0 Å². The highest BCUT2D eigenvalue weighted by molar-refractivity contribution is 6.62. The molecule has 0 amide bonds. The van der Waals surface area contributed by atoms with Gasteiger partial charge in [-0.3, -0.25) is 4.98 Å². The van der Waals surface area contributed by atoms with Gasteiger partial charge in [-0.05, 0) is 33.8 Å². The second-order valence-corrected chi connectivity index (χ2v) is 5.06. The van der Waals surface area contributed by atoms with Gasteiger partial charge < -0.3 is 14.0 Å². The van der Waals surface area contributed by atoms with Crippen LogP contribution < -0.4 is 5.46 Å². The first kappa shape index (κ1) is 14.0. The summed E-state index contributed by atoms with van der Waals surface area (Å²) in [4.78, 5) is 15.7. The Morgan fingerprint density at radius 1 is 1.53 bits per heavy atom. The van der Waals surface area contributed by atoms with Crippen LogP contribution in [0.1, 0.15) is 38.1 Å². The molecule has 1 unspecified atom stereocenters. The molecule has 1 fully saturated rings. The van der Waals surface area contributed by atoms with E-state index in [0.717, 1.165) is 5.46 Å². The van der Waals surface area contributed by atoms with E-state index < -0.39 is 7.12 Å². The number of pyridine rings is 1. The zero-order chi connectivity index (χ0) is 14.0. The number of esters is 1. The monoisotopic (exact) mass is 263 g/mol. The van der Waals surface area contributed by atoms with Gasteiger partial charge in [-0.25, -0.2) is 4.79 Å². The van der Waals surface area contributed by atoms with Crippen molar-refractivity contribution in [1.82, 2.24) is 4.98 Å². The van der Waals surface area contributed by atoms with Crippen molar-refractivity contribution in [3.05, 3.63) is 24.0 Å². The lowest BCUT2D eigenvalue weighted by molar-refractivity contribution is 0.0526. The van der Waals surface area contributed by atoms with Crippen LogP contribution in [-0.4, -0.2) is 36.4 Å². The Bertz CT molecular complexity index is 477. The minimum Gasteiger partial charge on any atom is -0.462 e. The molecule has 2 rings (SSSR count). The molecule has 1 aliphatic heterocycles. The summed E-state index contributed by atoms with van der Waals surface area (Å²) in [6.07, 6.45) is 3.09. The van der Waals surface area contributed by atoms with Gasteiger partial charge >= 0.3 is 13.1 Å². The van der Waals surface area contributed by atoms with E-state index in [2.05, 4.69) is 4.98 Å². The molecule has 1 aromatic heterocycles. The van der Waals surface area contributed by atoms with E-state index in [1.165, 1.54) is 6.20 Å². The van der Waals surface area contributed by atoms with Gasteiger partial charge in [0.2, 0.25) is 0 Å². The van der Waals surface area contributed by atoms with Crippen LogP contribution in [0.5, 0.6) is 0 Å². The standard InChI is InChI=1S/C13H18BNO4/c1-5-17-12(16)10-6-11(8-15-7-10)14-18-9(2)13(3,4)19-14/h6-9H,5H2,1-4H3. The second kappa shape index (κ2) is 5.31. The van der Waals surface area contributed by atoms with Gasteiger partial charge in [0.1, 0.15) is 0 Å². The smallest absolute Gasteiger partial charge is 0.462 e. The van der Waals surface area contributed by atoms with E-state index >= 15 is 0 Å². The van der Waals surface area contributed by atoms with Crippen LogP contribution in [0.2, 0.25) is 0 Å². The minimum atomic E-state index is -0.494. The highest BCUT2D eigenvalue weighted by atomic mass is 16.7. The molecule has 0 saturated carbocycles. The highest BCUT2D eigenvalue weighted by Gasteiger charge is 2.44. The fraction of sp³-hybridized carbons (Fsp3) is 0.538. The molecule has 19 heavy (non-hydrogen) atoms. The summed E-state index contributed by atoms with van der Waals surface area (Å²) < 4.78 is 16.5. The van der Waals surface area contributed by atoms with Gasteiger partial charge in [0.05, 0.1) is 23.9 Å². The maximum absolute atomic E-state index is 11.7. The number of carbonyl (C=O) groups excluding carboxylic acids is 1. The van der Waals surface area contributed by atoms with E-state index in [0.29, 0.717) is 12.2 Å². The third kappa shape index (κ3) is 2.96. The van der Waals surface area contributed by atoms with Gasteiger partial charge in [-0.1, -0.05) is 0 Å². The molecule has 102 valence electrons. The van der Waals surface area contributed by atoms with Crippen molar-refractivity contribution in [3.63, 3.8) is 0 Å². The molecule has 1 aliphatic rings. The Balaban J connectivity index is 2.18. The maximum Gasteiger partial charge on any atom is 0.496 e. The number of carbonyl (C=O) groups is 1. The zero-order valence-corrected chi connectivity index (χ0v) is 11.7. The summed E-state index contributed by atoms with van der Waals surface area (Å²) in [6.45, 7) is 8.01. The molecule has 5 nitrogen and oxygen atoms in total. The molecule has 2 heterocycles. The second-order valence-electron chi connectivity index (χ2n) is 5.06. The van der Waals surface area contributed by atoms with Crippen molar-refractivity contribution in [2.75, 3.05) is 6.61 Å². The SMILES string of the molecule is CCOC(=O)c1cncc(B2OC(C)C(C)(C)O2)c1. The maximum atomic E-state index is 11.7. The molecule has 0 bridgehead atoms. The summed E-state index contributed by atoms with van der Waals surface area (Å²) in [7, 11) is -0.494. The molecule has 0 N–H and O–H groups in total. The Morgan fingerprint density at radius 3 is 2.84 bits per heavy atom. The Labute approximate surface area is 113 Å². The van der Waals surface area contributed by atoms with Gasteiger partial charge in [0, 0.05) is 17.9 Å². The van der Waals surface area contributed by atoms with Crippen LogP contribution in [0, 0.1) is 0 Å². The molecule has 1 aromatic rings. The van der Waals surface area contributed by atoms with E-state index in [-0.39, 0.29) is 17.7 Å². The van der Waals surface area contributed by atoms with E-state index in [9.17, 15) is 4.79 Å². The summed E-state index contributed by atoms with van der Waals surface area (Å²) in [5.41, 5.74) is 0.775. The molecule has 0 aromatic carbocycles. The Morgan fingerprint density at radius 2 is 2.26 bits per heavy atom. The van der Waals surface area contributed by atoms with Crippen molar-refractivity contribution in [2.45, 2.75) is 39.4 Å². The first-order chi connectivity index (χ1) is 8.94. The topological polar surface area (TPSA) is 57.7 Å². The lowest BCUT2D eigenvalue weighted by Crippen LogP contribution is -2.35. The molecule has 6 heteroatoms. The van der Waals surface area contributed by atoms with Crippen LogP contribution in [-0.2, 0) is 14.0 Å². The molecular weight excluding hydrogens is 245 g/mol. The van der Waals surface area contributed by atoms with Gasteiger partial charge in [0.15, 0.2) is 0 Å². The van der Waals surface area contributed by atoms with Crippen LogP contribution in [0.25, 0.3) is 0 Å². The normalized spacial score (nSPS) is 21.5. The van der Waals surface area contributed by atoms with Crippen LogP contribution in [0.15, 0.2) is 18.5 Å². The molecular formula is C13H18BNO4. The predicted molar refractivity (Wildman–Crippen MR) is 71.3 cm³/mol. The largest absolute Gasteiger partial charge is 0.496 e. The number of rotatable bonds is 3. The van der Waals surface area contributed by atoms with Crippen LogP contribution in [0.4, 0.5) is 0 Å². The van der Waals surface area contributed by atoms with Gasteiger partial charge in [-0.2, -0.15) is 0 Å². The molecule has 0 spiro atoms. The average molecular weight is 263 g/mol. The predicted octanol–water partition coefficient (Wildman–Crippen LogP) is 1.17. The number of aromatic nitrogens is 1. The van der Waals surface area contributed by atoms with Gasteiger partial charge in [-0.15, -0.1) is 0 Å². The lowest BCUT2D eigenvalue weighted by Gasteiger charge is -2.21. The van der Waals surface area contributed by atoms with Crippen molar-refractivity contribution >= 4 is 18.6 Å². The van der Waals surface area contributed by atoms with E-state index in [1.54, 1.807) is 19.2 Å². The zero-order valence-electron chi connectivity index (χ0n) is 11.7. The molecule has 0 radical (unpaired) electrons. The third-order valence-electron chi connectivity index (χ3n) is 3.26. The summed E-state index contributed by atoms with van der Waals surface area (Å²) in [5.74, 6) is -0.387. The lowest BCUT2D eigenvalue weighted by atomic mass is 9.80. The van der Waals surface area contributed by atoms with Crippen LogP contribution in [0.3, 0.4) is 0 Å². The van der Waals surface area contributed by atoms with Crippen molar-refractivity contribution in [2.24, 2.45) is 0 Å². The Hall–Kier alpha value is -1.40. The van der Waals surface area contributed by atoms with Crippen molar-refractivity contribution < 1.29 is 18.8 Å². The fourth-order valence-corrected chi connectivity index (χ4v) is 1.81. The summed E-state index contributed by atoms with van der Waals surface area (Å²) >= 11 is 0. The number of ether oxygens (including phenoxy) is 1. The molecule has 0 aliphatic carbocycles. The van der Waals surface area contributed by atoms with E-state index in [1.807, 2.05) is 20.8 Å². The number of hydrogen-bond acceptors (Lipinski definition) is 5. The fourth-order valence-electron chi connectivity index (χ4n) is 1.81. The van der Waals surface area contributed by atoms with Gasteiger partial charge in [0.25, 0.3) is 0 Å². The molecule has 1 saturated heterocycles. The first-order valence-electron chi connectivity index (χ1n) is 6.39. The summed E-state index contributed by atoms with van der Waals surface area (Å²) in [6, 6.07) is 1.70. The van der Waals surface area contributed by atoms with Crippen molar-refractivity contribution in [1.29, 1.82) is 0 Å². The number of nitrogens with zero attached hydrogens (tertiary/aromatic N) is 1. The van der Waals surface area contributed by atoms with Crippen LogP contribution >= 0.6 is 0 Å². The highest BCUT2D eigenvalue weighted by Crippen LogP contribution is 2.26. The first-order valence-corrected chi connectivity index (χ1v) is 6.39. The number of hydrogen-bond donors (Lipinski definition) is 0. The Kier molecular flexibility index (Phi) is 3.92. The average Bonchev–Trinajstić information content (AvgIpc) is 2.64. The molecule has 1 atom stereocenters. The minimum absolute atomic E-state index is 0.0243. The third-order valence-corrected chi connectivity index (χ3v) is 3.26.